The molecule has 3 rings (SSSR count). The van der Waals surface area contributed by atoms with Crippen LogP contribution in [0.4, 0.5) is 8.78 Å². The predicted octanol–water partition coefficient (Wildman–Crippen LogP) is 4.18. The third kappa shape index (κ3) is 4.54. The van der Waals surface area contributed by atoms with Crippen LogP contribution in [0.25, 0.3) is 0 Å². The molecule has 0 atom stereocenters. The van der Waals surface area contributed by atoms with Gasteiger partial charge in [0.1, 0.15) is 11.6 Å². The lowest BCUT2D eigenvalue weighted by Crippen LogP contribution is -2.19. The smallest absolute Gasteiger partial charge is 0.254 e. The maximum atomic E-state index is 14.0. The van der Waals surface area contributed by atoms with Crippen molar-refractivity contribution in [1.82, 2.24) is 9.97 Å². The highest BCUT2D eigenvalue weighted by molar-refractivity contribution is 7.99. The van der Waals surface area contributed by atoms with Crippen molar-refractivity contribution in [3.05, 3.63) is 92.9 Å². The summed E-state index contributed by atoms with van der Waals surface area (Å²) in [6.45, 7) is 1.78. The number of Topliss-reactive ketones (excluding diaryl/α,β-unsaturated/α-hetero) is 1. The van der Waals surface area contributed by atoms with E-state index in [2.05, 4.69) is 9.97 Å². The first kappa shape index (κ1) is 19.9. The lowest BCUT2D eigenvalue weighted by Gasteiger charge is -2.10. The minimum absolute atomic E-state index is 0.0892. The number of rotatable bonds is 7. The first-order valence-electron chi connectivity index (χ1n) is 8.75. The van der Waals surface area contributed by atoms with Gasteiger partial charge in [-0.1, -0.05) is 55.1 Å². The van der Waals surface area contributed by atoms with E-state index in [1.807, 2.05) is 6.07 Å². The molecule has 0 spiro atoms. The number of aromatic nitrogens is 2. The van der Waals surface area contributed by atoms with Gasteiger partial charge in [-0.25, -0.2) is 13.8 Å². The Bertz CT molecular complexity index is 1030. The number of aromatic amines is 1. The number of halogens is 2. The van der Waals surface area contributed by atoms with E-state index in [0.717, 1.165) is 11.8 Å². The number of carbonyl (C=O) groups is 1. The number of nitrogens with zero attached hydrogens (tertiary/aromatic N) is 1. The molecule has 2 aromatic carbocycles. The lowest BCUT2D eigenvalue weighted by atomic mass is 10.0. The van der Waals surface area contributed by atoms with E-state index >= 15 is 0 Å². The highest BCUT2D eigenvalue weighted by Gasteiger charge is 2.16. The van der Waals surface area contributed by atoms with Gasteiger partial charge >= 0.3 is 0 Å². The van der Waals surface area contributed by atoms with Crippen molar-refractivity contribution < 1.29 is 13.6 Å². The largest absolute Gasteiger partial charge is 0.301 e. The summed E-state index contributed by atoms with van der Waals surface area (Å²) in [6, 6.07) is 12.4. The number of hydrogen-bond acceptors (Lipinski definition) is 4. The quantitative estimate of drug-likeness (QED) is 0.367. The first-order chi connectivity index (χ1) is 13.5. The van der Waals surface area contributed by atoms with Crippen LogP contribution in [0.15, 0.2) is 58.5 Å². The summed E-state index contributed by atoms with van der Waals surface area (Å²) >= 11 is 1.09. The van der Waals surface area contributed by atoms with Gasteiger partial charge in [0.2, 0.25) is 0 Å². The zero-order chi connectivity index (χ0) is 20.1. The van der Waals surface area contributed by atoms with E-state index in [4.69, 9.17) is 0 Å². The second-order valence-electron chi connectivity index (χ2n) is 6.10. The fraction of sp³-hybridized carbons (Fsp3) is 0.190. The van der Waals surface area contributed by atoms with Crippen molar-refractivity contribution in [2.45, 2.75) is 24.9 Å². The Morgan fingerprint density at radius 2 is 1.71 bits per heavy atom. The molecular weight excluding hydrogens is 382 g/mol. The Morgan fingerprint density at radius 3 is 2.36 bits per heavy atom. The number of nitrogens with one attached hydrogen (secondary N) is 1. The van der Waals surface area contributed by atoms with Crippen LogP contribution in [0.1, 0.15) is 34.1 Å². The van der Waals surface area contributed by atoms with Gasteiger partial charge in [0.25, 0.3) is 5.56 Å². The summed E-state index contributed by atoms with van der Waals surface area (Å²) in [5.74, 6) is -1.38. The number of H-pyrrole nitrogens is 1. The molecule has 7 heteroatoms. The zero-order valence-corrected chi connectivity index (χ0v) is 16.0. The van der Waals surface area contributed by atoms with Crippen molar-refractivity contribution in [2.75, 3.05) is 5.75 Å². The van der Waals surface area contributed by atoms with E-state index in [-0.39, 0.29) is 34.2 Å². The molecule has 0 amide bonds. The molecule has 1 heterocycles. The molecule has 0 bridgehead atoms. The number of carbonyl (C=O) groups excluding carboxylic acids is 1. The monoisotopic (exact) mass is 400 g/mol. The van der Waals surface area contributed by atoms with Gasteiger partial charge in [0.15, 0.2) is 10.9 Å². The van der Waals surface area contributed by atoms with Crippen LogP contribution < -0.4 is 5.56 Å². The van der Waals surface area contributed by atoms with Crippen LogP contribution in [0.3, 0.4) is 0 Å². The molecule has 0 aliphatic rings. The van der Waals surface area contributed by atoms with Crippen LogP contribution >= 0.6 is 11.8 Å². The van der Waals surface area contributed by atoms with Gasteiger partial charge in [-0.3, -0.25) is 9.59 Å². The van der Waals surface area contributed by atoms with Crippen LogP contribution in [-0.4, -0.2) is 21.5 Å². The van der Waals surface area contributed by atoms with Crippen LogP contribution in [0.5, 0.6) is 0 Å². The van der Waals surface area contributed by atoms with Crippen molar-refractivity contribution in [3.63, 3.8) is 0 Å². The third-order valence-electron chi connectivity index (χ3n) is 4.27. The molecule has 144 valence electrons. The van der Waals surface area contributed by atoms with Crippen molar-refractivity contribution >= 4 is 17.5 Å². The van der Waals surface area contributed by atoms with E-state index in [1.54, 1.807) is 31.2 Å². The van der Waals surface area contributed by atoms with Crippen molar-refractivity contribution in [3.8, 4) is 0 Å². The summed E-state index contributed by atoms with van der Waals surface area (Å²) in [4.78, 5) is 31.7. The van der Waals surface area contributed by atoms with Crippen molar-refractivity contribution in [1.29, 1.82) is 0 Å². The summed E-state index contributed by atoms with van der Waals surface area (Å²) in [5.41, 5.74) is 0.757. The fourth-order valence-electron chi connectivity index (χ4n) is 2.81. The number of hydrogen-bond donors (Lipinski definition) is 1. The predicted molar refractivity (Wildman–Crippen MR) is 105 cm³/mol. The summed E-state index contributed by atoms with van der Waals surface area (Å²) in [5, 5.41) is 0.248. The molecule has 1 N–H and O–H groups in total. The van der Waals surface area contributed by atoms with Gasteiger partial charge in [0.05, 0.1) is 11.4 Å². The maximum Gasteiger partial charge on any atom is 0.254 e. The molecule has 0 aliphatic carbocycles. The standard InChI is InChI=1S/C21H18F2N2O2S/c1-2-14-18(11-15-16(22)9-6-10-17(15)23)24-21(25-20(14)27)28-12-19(26)13-7-4-3-5-8-13/h3-10H,2,11-12H2,1H3,(H,24,25,27). The average molecular weight is 400 g/mol. The fourth-order valence-corrected chi connectivity index (χ4v) is 3.58. The van der Waals surface area contributed by atoms with Gasteiger partial charge in [-0.2, -0.15) is 0 Å². The SMILES string of the molecule is CCc1c(Cc2c(F)cccc2F)nc(SCC(=O)c2ccccc2)[nH]c1=O. The summed E-state index contributed by atoms with van der Waals surface area (Å²) in [6.07, 6.45) is 0.243. The second-order valence-corrected chi connectivity index (χ2v) is 7.07. The third-order valence-corrected chi connectivity index (χ3v) is 5.15. The Morgan fingerprint density at radius 1 is 1.04 bits per heavy atom. The Balaban J connectivity index is 1.86. The van der Waals surface area contributed by atoms with Gasteiger partial charge in [-0.15, -0.1) is 0 Å². The molecule has 28 heavy (non-hydrogen) atoms. The molecule has 0 saturated carbocycles. The number of thioether (sulfide) groups is 1. The Labute approximate surface area is 165 Å². The van der Waals surface area contributed by atoms with Crippen LogP contribution in [-0.2, 0) is 12.8 Å². The maximum absolute atomic E-state index is 14.0. The van der Waals surface area contributed by atoms with Gasteiger partial charge in [-0.05, 0) is 18.6 Å². The normalized spacial score (nSPS) is 10.8. The van der Waals surface area contributed by atoms with Crippen LogP contribution in [0, 0.1) is 11.6 Å². The van der Waals surface area contributed by atoms with E-state index in [1.165, 1.54) is 18.2 Å². The minimum Gasteiger partial charge on any atom is -0.301 e. The molecule has 0 unspecified atom stereocenters. The molecule has 4 nitrogen and oxygen atoms in total. The summed E-state index contributed by atoms with van der Waals surface area (Å²) in [7, 11) is 0. The van der Waals surface area contributed by atoms with E-state index in [0.29, 0.717) is 23.2 Å². The zero-order valence-electron chi connectivity index (χ0n) is 15.2. The van der Waals surface area contributed by atoms with E-state index < -0.39 is 11.6 Å². The number of benzene rings is 2. The minimum atomic E-state index is -0.683. The van der Waals surface area contributed by atoms with Crippen molar-refractivity contribution in [2.24, 2.45) is 0 Å². The number of ketones is 1. The Hall–Kier alpha value is -2.80. The molecule has 1 aromatic heterocycles. The van der Waals surface area contributed by atoms with Gasteiger partial charge < -0.3 is 4.98 Å². The Kier molecular flexibility index (Phi) is 6.36. The molecule has 0 radical (unpaired) electrons. The lowest BCUT2D eigenvalue weighted by molar-refractivity contribution is 0.102. The highest BCUT2D eigenvalue weighted by atomic mass is 32.2. The second kappa shape index (κ2) is 8.93. The van der Waals surface area contributed by atoms with E-state index in [9.17, 15) is 18.4 Å². The molecule has 3 aromatic rings. The summed E-state index contributed by atoms with van der Waals surface area (Å²) < 4.78 is 28.0. The van der Waals surface area contributed by atoms with Crippen LogP contribution in [0.2, 0.25) is 0 Å². The molecule has 0 fully saturated rings. The average Bonchev–Trinajstić information content (AvgIpc) is 2.69. The topological polar surface area (TPSA) is 62.8 Å². The first-order valence-corrected chi connectivity index (χ1v) is 9.74. The highest BCUT2D eigenvalue weighted by Crippen LogP contribution is 2.20. The molecular formula is C21H18F2N2O2S. The van der Waals surface area contributed by atoms with Gasteiger partial charge in [0, 0.05) is 23.1 Å². The molecule has 0 saturated heterocycles. The molecule has 0 aliphatic heterocycles.